The van der Waals surface area contributed by atoms with Gasteiger partial charge in [-0.1, -0.05) is 0 Å². The number of pyridine rings is 1. The molecule has 0 radical (unpaired) electrons. The molecule has 0 atom stereocenters. The zero-order valence-corrected chi connectivity index (χ0v) is 17.0. The normalized spacial score (nSPS) is 13.7. The fourth-order valence-corrected chi connectivity index (χ4v) is 3.01. The standard InChI is InChI=1S/C21H21F3N4O4/c22-15-2-5-17(6-3-15)28(21(31)27-7-9-32-10-8-27)13-16-4-1-14(11-25-16)18(29)12-26-20(30)19(23)24/h1-6,11,19H,7-10,12-13H2,(H,26,30). The number of rotatable bonds is 7. The Bertz CT molecular complexity index is 949. The number of carbonyl (C=O) groups excluding carboxylic acids is 3. The van der Waals surface area contributed by atoms with Crippen LogP contribution in [0.3, 0.4) is 0 Å². The molecule has 2 heterocycles. The Morgan fingerprint density at radius 3 is 2.38 bits per heavy atom. The lowest BCUT2D eigenvalue weighted by Gasteiger charge is -2.33. The number of amides is 3. The molecule has 1 N–H and O–H groups in total. The van der Waals surface area contributed by atoms with Crippen molar-refractivity contribution in [1.82, 2.24) is 15.2 Å². The van der Waals surface area contributed by atoms with E-state index in [1.807, 2.05) is 5.32 Å². The first-order valence-corrected chi connectivity index (χ1v) is 9.79. The average molecular weight is 450 g/mol. The second-order valence-electron chi connectivity index (χ2n) is 6.92. The molecule has 0 spiro atoms. The number of benzene rings is 1. The van der Waals surface area contributed by atoms with E-state index in [1.165, 1.54) is 47.5 Å². The molecule has 1 aromatic heterocycles. The summed E-state index contributed by atoms with van der Waals surface area (Å²) < 4.78 is 43.1. The molecule has 8 nitrogen and oxygen atoms in total. The molecule has 1 fully saturated rings. The smallest absolute Gasteiger partial charge is 0.325 e. The number of morpholine rings is 1. The van der Waals surface area contributed by atoms with Gasteiger partial charge in [0.25, 0.3) is 5.91 Å². The Kier molecular flexibility index (Phi) is 7.77. The van der Waals surface area contributed by atoms with Crippen molar-refractivity contribution in [2.45, 2.75) is 13.0 Å². The molecule has 32 heavy (non-hydrogen) atoms. The third-order valence-electron chi connectivity index (χ3n) is 4.74. The second-order valence-corrected chi connectivity index (χ2v) is 6.92. The van der Waals surface area contributed by atoms with Crippen LogP contribution in [0.4, 0.5) is 23.7 Å². The number of Topliss-reactive ketones (excluding diaryl/α,β-unsaturated/α-hetero) is 1. The van der Waals surface area contributed by atoms with E-state index in [0.717, 1.165) is 0 Å². The van der Waals surface area contributed by atoms with E-state index in [0.29, 0.717) is 37.7 Å². The molecule has 2 aromatic rings. The Labute approximate surface area is 182 Å². The number of anilines is 1. The van der Waals surface area contributed by atoms with Gasteiger partial charge in [-0.2, -0.15) is 8.78 Å². The van der Waals surface area contributed by atoms with Gasteiger partial charge in [-0.3, -0.25) is 19.5 Å². The van der Waals surface area contributed by atoms with Crippen LogP contribution >= 0.6 is 0 Å². The van der Waals surface area contributed by atoms with Gasteiger partial charge in [0.1, 0.15) is 5.82 Å². The molecule has 0 unspecified atom stereocenters. The van der Waals surface area contributed by atoms with Gasteiger partial charge in [0.05, 0.1) is 32.0 Å². The van der Waals surface area contributed by atoms with Crippen LogP contribution in [0.25, 0.3) is 0 Å². The number of hydrogen-bond acceptors (Lipinski definition) is 5. The zero-order valence-electron chi connectivity index (χ0n) is 17.0. The van der Waals surface area contributed by atoms with Gasteiger partial charge < -0.3 is 15.0 Å². The van der Waals surface area contributed by atoms with Crippen LogP contribution in [-0.4, -0.2) is 66.9 Å². The van der Waals surface area contributed by atoms with Gasteiger partial charge in [-0.25, -0.2) is 9.18 Å². The predicted molar refractivity (Wildman–Crippen MR) is 108 cm³/mol. The molecule has 1 saturated heterocycles. The summed E-state index contributed by atoms with van der Waals surface area (Å²) in [5.74, 6) is -2.55. The highest BCUT2D eigenvalue weighted by atomic mass is 19.3. The van der Waals surface area contributed by atoms with E-state index in [1.54, 1.807) is 4.90 Å². The summed E-state index contributed by atoms with van der Waals surface area (Å²) in [6.45, 7) is 1.14. The highest BCUT2D eigenvalue weighted by molar-refractivity contribution is 5.99. The van der Waals surface area contributed by atoms with Crippen LogP contribution in [0.2, 0.25) is 0 Å². The van der Waals surface area contributed by atoms with Crippen LogP contribution in [0.1, 0.15) is 16.1 Å². The molecule has 3 rings (SSSR count). The van der Waals surface area contributed by atoms with Gasteiger partial charge in [0.15, 0.2) is 5.78 Å². The van der Waals surface area contributed by atoms with Crippen LogP contribution in [0.15, 0.2) is 42.6 Å². The third-order valence-corrected chi connectivity index (χ3v) is 4.74. The molecule has 1 aliphatic rings. The number of aromatic nitrogens is 1. The minimum Gasteiger partial charge on any atom is -0.378 e. The highest BCUT2D eigenvalue weighted by Gasteiger charge is 2.25. The Morgan fingerprint density at radius 1 is 1.09 bits per heavy atom. The first-order chi connectivity index (χ1) is 15.3. The van der Waals surface area contributed by atoms with Gasteiger partial charge in [-0.05, 0) is 36.4 Å². The molecular weight excluding hydrogens is 429 g/mol. The van der Waals surface area contributed by atoms with Crippen molar-refractivity contribution in [3.63, 3.8) is 0 Å². The maximum Gasteiger partial charge on any atom is 0.325 e. The molecule has 0 aliphatic carbocycles. The first-order valence-electron chi connectivity index (χ1n) is 9.79. The van der Waals surface area contributed by atoms with Crippen LogP contribution in [-0.2, 0) is 16.1 Å². The van der Waals surface area contributed by atoms with Crippen molar-refractivity contribution < 1.29 is 32.3 Å². The predicted octanol–water partition coefficient (Wildman–Crippen LogP) is 2.24. The van der Waals surface area contributed by atoms with Crippen molar-refractivity contribution in [1.29, 1.82) is 0 Å². The number of alkyl halides is 2. The Balaban J connectivity index is 1.72. The number of nitrogens with zero attached hydrogens (tertiary/aromatic N) is 3. The van der Waals surface area contributed by atoms with Gasteiger partial charge in [0, 0.05) is 30.5 Å². The lowest BCUT2D eigenvalue weighted by atomic mass is 10.1. The van der Waals surface area contributed by atoms with E-state index in [9.17, 15) is 27.6 Å². The van der Waals surface area contributed by atoms with E-state index >= 15 is 0 Å². The Hall–Kier alpha value is -3.47. The lowest BCUT2D eigenvalue weighted by Crippen LogP contribution is -2.48. The number of urea groups is 1. The molecule has 11 heteroatoms. The van der Waals surface area contributed by atoms with Gasteiger partial charge >= 0.3 is 12.5 Å². The number of ether oxygens (including phenoxy) is 1. The summed E-state index contributed by atoms with van der Waals surface area (Å²) in [6.07, 6.45) is -1.96. The first kappa shape index (κ1) is 23.2. The Morgan fingerprint density at radius 2 is 1.78 bits per heavy atom. The molecule has 0 saturated carbocycles. The monoisotopic (exact) mass is 450 g/mol. The highest BCUT2D eigenvalue weighted by Crippen LogP contribution is 2.20. The summed E-state index contributed by atoms with van der Waals surface area (Å²) in [4.78, 5) is 43.3. The van der Waals surface area contributed by atoms with Gasteiger partial charge in [-0.15, -0.1) is 0 Å². The maximum atomic E-state index is 13.4. The SMILES string of the molecule is O=C(CNC(=O)C(F)F)c1ccc(CN(C(=O)N2CCOCC2)c2ccc(F)cc2)nc1. The zero-order chi connectivity index (χ0) is 23.1. The minimum absolute atomic E-state index is 0.0540. The summed E-state index contributed by atoms with van der Waals surface area (Å²) in [5, 5.41) is 1.84. The van der Waals surface area contributed by atoms with Gasteiger partial charge in [0.2, 0.25) is 0 Å². The van der Waals surface area contributed by atoms with Crippen LogP contribution in [0.5, 0.6) is 0 Å². The van der Waals surface area contributed by atoms with Crippen molar-refractivity contribution >= 4 is 23.4 Å². The van der Waals surface area contributed by atoms with Crippen LogP contribution < -0.4 is 10.2 Å². The van der Waals surface area contributed by atoms with Crippen molar-refractivity contribution in [3.8, 4) is 0 Å². The topological polar surface area (TPSA) is 91.8 Å². The van der Waals surface area contributed by atoms with Crippen molar-refractivity contribution in [2.75, 3.05) is 37.7 Å². The fourth-order valence-electron chi connectivity index (χ4n) is 3.01. The van der Waals surface area contributed by atoms with Crippen molar-refractivity contribution in [2.24, 2.45) is 0 Å². The molecule has 3 amide bonds. The molecule has 1 aliphatic heterocycles. The summed E-state index contributed by atoms with van der Waals surface area (Å²) in [6, 6.07) is 8.12. The average Bonchev–Trinajstić information content (AvgIpc) is 2.82. The molecule has 0 bridgehead atoms. The number of halogens is 3. The fraction of sp³-hybridized carbons (Fsp3) is 0.333. The number of hydrogen-bond donors (Lipinski definition) is 1. The molecular formula is C21H21F3N4O4. The number of ketones is 1. The quantitative estimate of drug-likeness (QED) is 0.654. The molecule has 1 aromatic carbocycles. The summed E-state index contributed by atoms with van der Waals surface area (Å²) in [5.41, 5.74) is 1.04. The second kappa shape index (κ2) is 10.7. The lowest BCUT2D eigenvalue weighted by molar-refractivity contribution is -0.131. The van der Waals surface area contributed by atoms with E-state index in [2.05, 4.69) is 4.98 Å². The van der Waals surface area contributed by atoms with Crippen LogP contribution in [0, 0.1) is 5.82 Å². The van der Waals surface area contributed by atoms with Crippen molar-refractivity contribution in [3.05, 3.63) is 59.7 Å². The third kappa shape index (κ3) is 6.03. The largest absolute Gasteiger partial charge is 0.378 e. The summed E-state index contributed by atoms with van der Waals surface area (Å²) >= 11 is 0. The van der Waals surface area contributed by atoms with E-state index < -0.39 is 30.5 Å². The number of carbonyl (C=O) groups is 3. The summed E-state index contributed by atoms with van der Waals surface area (Å²) in [7, 11) is 0. The van der Waals surface area contributed by atoms with E-state index in [4.69, 9.17) is 4.74 Å². The minimum atomic E-state index is -3.20. The molecule has 170 valence electrons. The number of nitrogens with one attached hydrogen (secondary N) is 1. The maximum absolute atomic E-state index is 13.4. The van der Waals surface area contributed by atoms with E-state index in [-0.39, 0.29) is 18.1 Å².